The van der Waals surface area contributed by atoms with Crippen LogP contribution in [0.1, 0.15) is 10.5 Å². The lowest BCUT2D eigenvalue weighted by Crippen LogP contribution is -2.47. The Labute approximate surface area is 139 Å². The number of nitrogens with two attached hydrogens (primary N) is 1. The van der Waals surface area contributed by atoms with Crippen LogP contribution >= 0.6 is 11.5 Å². The molecule has 0 bridgehead atoms. The molecule has 1 aliphatic heterocycles. The first-order chi connectivity index (χ1) is 11.1. The third-order valence-electron chi connectivity index (χ3n) is 3.90. The van der Waals surface area contributed by atoms with E-state index >= 15 is 0 Å². The third-order valence-corrected chi connectivity index (χ3v) is 4.75. The van der Waals surface area contributed by atoms with Crippen LogP contribution in [0, 0.1) is 0 Å². The van der Waals surface area contributed by atoms with Gasteiger partial charge < -0.3 is 20.3 Å². The molecule has 8 heteroatoms. The van der Waals surface area contributed by atoms with Gasteiger partial charge in [0.2, 0.25) is 5.69 Å². The first-order valence-electron chi connectivity index (χ1n) is 7.40. The summed E-state index contributed by atoms with van der Waals surface area (Å²) in [4.78, 5) is 16.6. The molecular weight excluding hydrogens is 314 g/mol. The minimum absolute atomic E-state index is 0.0980. The summed E-state index contributed by atoms with van der Waals surface area (Å²) in [7, 11) is 3.67. The van der Waals surface area contributed by atoms with Crippen LogP contribution in [-0.4, -0.2) is 61.1 Å². The Morgan fingerprint density at radius 2 is 1.91 bits per heavy atom. The number of amides is 1. The predicted molar refractivity (Wildman–Crippen MR) is 88.0 cm³/mol. The van der Waals surface area contributed by atoms with Gasteiger partial charge in [-0.15, -0.1) is 0 Å². The topological polar surface area (TPSA) is 75.6 Å². The normalized spacial score (nSPS) is 15.7. The van der Waals surface area contributed by atoms with Crippen LogP contribution in [0.4, 0.5) is 5.00 Å². The quantitative estimate of drug-likeness (QED) is 0.822. The molecule has 7 nitrogen and oxygen atoms in total. The van der Waals surface area contributed by atoms with E-state index in [-0.39, 0.29) is 5.91 Å². The van der Waals surface area contributed by atoms with Gasteiger partial charge in [0.15, 0.2) is 16.5 Å². The number of rotatable bonds is 3. The SMILES string of the molecule is COc1ccc(-[n+]2nc(C(=O)N3CCN(C)CC3)c(N)s2)cc1. The smallest absolute Gasteiger partial charge is 0.282 e. The summed E-state index contributed by atoms with van der Waals surface area (Å²) in [6.07, 6.45) is 0. The van der Waals surface area contributed by atoms with Gasteiger partial charge in [-0.3, -0.25) is 4.79 Å². The van der Waals surface area contributed by atoms with Crippen LogP contribution in [0.5, 0.6) is 5.75 Å². The number of aromatic nitrogens is 2. The monoisotopic (exact) mass is 334 g/mol. The van der Waals surface area contributed by atoms with Crippen molar-refractivity contribution >= 4 is 22.4 Å². The molecule has 1 amide bonds. The second-order valence-corrected chi connectivity index (χ2v) is 6.44. The van der Waals surface area contributed by atoms with E-state index in [0.717, 1.165) is 24.5 Å². The maximum Gasteiger partial charge on any atom is 0.282 e. The first-order valence-corrected chi connectivity index (χ1v) is 8.17. The zero-order valence-corrected chi connectivity index (χ0v) is 14.0. The van der Waals surface area contributed by atoms with Gasteiger partial charge in [0.25, 0.3) is 11.6 Å². The summed E-state index contributed by atoms with van der Waals surface area (Å²) in [5.41, 5.74) is 7.20. The molecule has 2 heterocycles. The largest absolute Gasteiger partial charge is 0.497 e. The lowest BCUT2D eigenvalue weighted by molar-refractivity contribution is -0.588. The van der Waals surface area contributed by atoms with E-state index < -0.39 is 0 Å². The van der Waals surface area contributed by atoms with Crippen molar-refractivity contribution in [3.8, 4) is 11.4 Å². The summed E-state index contributed by atoms with van der Waals surface area (Å²) in [5, 5.41) is 4.83. The van der Waals surface area contributed by atoms with Crippen molar-refractivity contribution in [1.82, 2.24) is 14.9 Å². The zero-order chi connectivity index (χ0) is 16.4. The first kappa shape index (κ1) is 15.7. The molecule has 0 aliphatic carbocycles. The van der Waals surface area contributed by atoms with Gasteiger partial charge in [0.1, 0.15) is 5.75 Å². The Bertz CT molecular complexity index is 692. The Balaban J connectivity index is 1.81. The van der Waals surface area contributed by atoms with E-state index in [0.29, 0.717) is 23.8 Å². The standard InChI is InChI=1S/C15H19N5O2S/c1-18-7-9-19(10-8-18)15(21)13-14(16)23-20(17-13)11-3-5-12(22-2)6-4-11/h3-6,16H,7-10H2,1-2H3/p+1. The van der Waals surface area contributed by atoms with Gasteiger partial charge in [-0.25, -0.2) is 0 Å². The molecule has 1 fully saturated rings. The number of carbonyl (C=O) groups excluding carboxylic acids is 1. The lowest BCUT2D eigenvalue weighted by Gasteiger charge is -2.31. The van der Waals surface area contributed by atoms with Crippen molar-refractivity contribution in [3.63, 3.8) is 0 Å². The molecule has 0 radical (unpaired) electrons. The number of benzene rings is 1. The van der Waals surface area contributed by atoms with E-state index in [1.165, 1.54) is 11.5 Å². The molecule has 3 rings (SSSR count). The Morgan fingerprint density at radius 3 is 2.52 bits per heavy atom. The fourth-order valence-corrected chi connectivity index (χ4v) is 3.18. The van der Waals surface area contributed by atoms with E-state index in [9.17, 15) is 4.79 Å². The highest BCUT2D eigenvalue weighted by Gasteiger charge is 2.29. The van der Waals surface area contributed by atoms with Crippen molar-refractivity contribution in [3.05, 3.63) is 30.0 Å². The van der Waals surface area contributed by atoms with Gasteiger partial charge in [0.05, 0.1) is 7.11 Å². The minimum atomic E-state index is -0.0980. The number of hydrogen-bond acceptors (Lipinski definition) is 6. The number of ether oxygens (including phenoxy) is 1. The van der Waals surface area contributed by atoms with Crippen molar-refractivity contribution < 1.29 is 13.6 Å². The van der Waals surface area contributed by atoms with Gasteiger partial charge in [-0.05, 0) is 19.2 Å². The molecule has 1 saturated heterocycles. The zero-order valence-electron chi connectivity index (χ0n) is 13.2. The van der Waals surface area contributed by atoms with Crippen LogP contribution in [0.3, 0.4) is 0 Å². The van der Waals surface area contributed by atoms with Crippen LogP contribution in [0.25, 0.3) is 5.69 Å². The van der Waals surface area contributed by atoms with E-state index in [4.69, 9.17) is 10.5 Å². The molecule has 0 unspecified atom stereocenters. The van der Waals surface area contributed by atoms with E-state index in [1.54, 1.807) is 11.2 Å². The highest BCUT2D eigenvalue weighted by molar-refractivity contribution is 7.06. The van der Waals surface area contributed by atoms with Crippen molar-refractivity contribution in [1.29, 1.82) is 0 Å². The van der Waals surface area contributed by atoms with Crippen LogP contribution < -0.4 is 14.5 Å². The third kappa shape index (κ3) is 3.27. The number of likely N-dealkylation sites (N-methyl/N-ethyl adjacent to an activating group) is 1. The Kier molecular flexibility index (Phi) is 4.44. The van der Waals surface area contributed by atoms with E-state index in [1.807, 2.05) is 29.2 Å². The summed E-state index contributed by atoms with van der Waals surface area (Å²) in [6.45, 7) is 3.15. The summed E-state index contributed by atoms with van der Waals surface area (Å²) in [6, 6.07) is 7.46. The molecule has 122 valence electrons. The van der Waals surface area contributed by atoms with Crippen LogP contribution in [-0.2, 0) is 0 Å². The molecule has 1 aliphatic rings. The maximum absolute atomic E-state index is 12.6. The van der Waals surface area contributed by atoms with E-state index in [2.05, 4.69) is 17.0 Å². The molecule has 0 saturated carbocycles. The van der Waals surface area contributed by atoms with Gasteiger partial charge >= 0.3 is 0 Å². The second-order valence-electron chi connectivity index (χ2n) is 5.47. The molecule has 1 aromatic heterocycles. The molecule has 2 aromatic rings. The van der Waals surface area contributed by atoms with Crippen molar-refractivity contribution in [2.45, 2.75) is 0 Å². The number of nitrogens with zero attached hydrogens (tertiary/aromatic N) is 4. The molecule has 1 aromatic carbocycles. The highest BCUT2D eigenvalue weighted by atomic mass is 32.1. The van der Waals surface area contributed by atoms with Gasteiger partial charge in [-0.1, -0.05) is 0 Å². The average Bonchev–Trinajstić information content (AvgIpc) is 2.97. The summed E-state index contributed by atoms with van der Waals surface area (Å²) in [5.74, 6) is 0.673. The predicted octanol–water partition coefficient (Wildman–Crippen LogP) is 0.398. The molecule has 23 heavy (non-hydrogen) atoms. The van der Waals surface area contributed by atoms with Crippen molar-refractivity contribution in [2.24, 2.45) is 0 Å². The lowest BCUT2D eigenvalue weighted by atomic mass is 10.3. The Hall–Kier alpha value is -2.19. The molecule has 2 N–H and O–H groups in total. The molecule has 0 atom stereocenters. The summed E-state index contributed by atoms with van der Waals surface area (Å²) < 4.78 is 6.81. The second kappa shape index (κ2) is 6.51. The highest BCUT2D eigenvalue weighted by Crippen LogP contribution is 2.18. The van der Waals surface area contributed by atoms with Gasteiger partial charge in [0, 0.05) is 47.5 Å². The molecular formula is C15H20N5O2S+. The number of carbonyl (C=O) groups is 1. The van der Waals surface area contributed by atoms with Crippen molar-refractivity contribution in [2.75, 3.05) is 46.1 Å². The number of anilines is 1. The fourth-order valence-electron chi connectivity index (χ4n) is 2.42. The number of methoxy groups -OCH3 is 1. The number of piperazine rings is 1. The summed E-state index contributed by atoms with van der Waals surface area (Å²) >= 11 is 1.26. The minimum Gasteiger partial charge on any atom is -0.497 e. The fraction of sp³-hybridized carbons (Fsp3) is 0.400. The Morgan fingerprint density at radius 1 is 1.26 bits per heavy atom. The van der Waals surface area contributed by atoms with Crippen LogP contribution in [0.15, 0.2) is 24.3 Å². The van der Waals surface area contributed by atoms with Gasteiger partial charge in [-0.2, -0.15) is 0 Å². The van der Waals surface area contributed by atoms with Crippen LogP contribution in [0.2, 0.25) is 0 Å². The average molecular weight is 334 g/mol. The molecule has 0 spiro atoms. The number of hydrogen-bond donors (Lipinski definition) is 1. The number of nitrogen functional groups attached to an aromatic ring is 1. The maximum atomic E-state index is 12.6.